The fourth-order valence-electron chi connectivity index (χ4n) is 4.96. The zero-order valence-corrected chi connectivity index (χ0v) is 22.3. The molecule has 5 rings (SSSR count). The summed E-state index contributed by atoms with van der Waals surface area (Å²) < 4.78 is 45.8. The van der Waals surface area contributed by atoms with Crippen molar-refractivity contribution in [1.29, 1.82) is 0 Å². The number of nitrogens with zero attached hydrogens (tertiary/aromatic N) is 8. The molecule has 1 atom stereocenters. The van der Waals surface area contributed by atoms with Crippen molar-refractivity contribution in [2.24, 2.45) is 0 Å². The highest BCUT2D eigenvalue weighted by Gasteiger charge is 2.36. The van der Waals surface area contributed by atoms with Gasteiger partial charge in [0.15, 0.2) is 0 Å². The van der Waals surface area contributed by atoms with E-state index in [0.717, 1.165) is 18.7 Å². The highest BCUT2D eigenvalue weighted by atomic mass is 35.5. The fraction of sp³-hybridized carbons (Fsp3) is 0.385. The van der Waals surface area contributed by atoms with Gasteiger partial charge in [0.25, 0.3) is 0 Å². The number of β-amino-alcohol motifs (C(OH)–C–C–N with tert-alkyl or cyclic N) is 1. The molecular weight excluding hydrogens is 549 g/mol. The Morgan fingerprint density at radius 3 is 2.38 bits per heavy atom. The summed E-state index contributed by atoms with van der Waals surface area (Å²) in [7, 11) is 0. The second kappa shape index (κ2) is 11.9. The third-order valence-electron chi connectivity index (χ3n) is 7.03. The molecule has 0 saturated carbocycles. The molecule has 2 aromatic heterocycles. The second-order valence-electron chi connectivity index (χ2n) is 9.83. The van der Waals surface area contributed by atoms with Crippen LogP contribution >= 0.6 is 11.6 Å². The Morgan fingerprint density at radius 1 is 0.900 bits per heavy atom. The lowest BCUT2D eigenvalue weighted by molar-refractivity contribution is -0.0319. The molecule has 10 nitrogen and oxygen atoms in total. The van der Waals surface area contributed by atoms with Crippen molar-refractivity contribution >= 4 is 11.6 Å². The first-order valence-electron chi connectivity index (χ1n) is 12.8. The van der Waals surface area contributed by atoms with E-state index in [2.05, 4.69) is 20.1 Å². The molecule has 0 aliphatic carbocycles. The Labute approximate surface area is 232 Å². The van der Waals surface area contributed by atoms with Gasteiger partial charge in [0, 0.05) is 57.4 Å². The van der Waals surface area contributed by atoms with Crippen molar-refractivity contribution in [2.75, 3.05) is 39.3 Å². The zero-order chi connectivity index (χ0) is 28.3. The van der Waals surface area contributed by atoms with Crippen molar-refractivity contribution in [2.45, 2.75) is 25.1 Å². The molecule has 212 valence electrons. The molecule has 0 amide bonds. The highest BCUT2D eigenvalue weighted by molar-refractivity contribution is 6.30. The molecule has 3 heterocycles. The van der Waals surface area contributed by atoms with Gasteiger partial charge in [-0.25, -0.2) is 36.9 Å². The van der Waals surface area contributed by atoms with E-state index < -0.39 is 23.1 Å². The Bertz CT molecular complexity index is 1500. The lowest BCUT2D eigenvalue weighted by atomic mass is 9.92. The van der Waals surface area contributed by atoms with Crippen LogP contribution in [0.3, 0.4) is 0 Å². The van der Waals surface area contributed by atoms with Crippen LogP contribution in [0.25, 0.3) is 5.69 Å². The van der Waals surface area contributed by atoms with Crippen LogP contribution in [0.15, 0.2) is 60.2 Å². The summed E-state index contributed by atoms with van der Waals surface area (Å²) in [4.78, 5) is 20.9. The standard InChI is InChI=1S/C26H28ClF3N8O2/c27-22-13-20(3-5-23(22)29)37-18-33-38(25(37)39)7-1-6-34-8-10-35(11-9-34)14-26(40,15-36-17-31-16-32-36)21-4-2-19(28)12-24(21)30/h2-5,12-13,16-18,40H,1,6-11,14-15H2. The summed E-state index contributed by atoms with van der Waals surface area (Å²) >= 11 is 5.84. The summed E-state index contributed by atoms with van der Waals surface area (Å²) in [6.45, 7) is 3.90. The van der Waals surface area contributed by atoms with E-state index in [0.29, 0.717) is 44.8 Å². The number of hydrogen-bond donors (Lipinski definition) is 1. The maximum atomic E-state index is 14.7. The molecule has 14 heteroatoms. The first-order valence-corrected chi connectivity index (χ1v) is 13.1. The molecule has 1 aliphatic rings. The lowest BCUT2D eigenvalue weighted by Gasteiger charge is -2.39. The Balaban J connectivity index is 1.16. The largest absolute Gasteiger partial charge is 0.382 e. The molecule has 1 aliphatic heterocycles. The molecule has 0 radical (unpaired) electrons. The molecule has 2 aromatic carbocycles. The van der Waals surface area contributed by atoms with E-state index in [1.807, 2.05) is 4.90 Å². The smallest absolute Gasteiger partial charge is 0.350 e. The molecule has 1 fully saturated rings. The van der Waals surface area contributed by atoms with Crippen molar-refractivity contribution < 1.29 is 18.3 Å². The van der Waals surface area contributed by atoms with Crippen LogP contribution < -0.4 is 5.69 Å². The number of aryl methyl sites for hydroxylation is 1. The van der Waals surface area contributed by atoms with E-state index in [4.69, 9.17) is 11.6 Å². The minimum absolute atomic E-state index is 0.000355. The Morgan fingerprint density at radius 2 is 1.68 bits per heavy atom. The second-order valence-corrected chi connectivity index (χ2v) is 10.2. The first kappa shape index (κ1) is 28.0. The van der Waals surface area contributed by atoms with Crippen LogP contribution in [0.2, 0.25) is 5.02 Å². The van der Waals surface area contributed by atoms with Crippen molar-refractivity contribution in [3.63, 3.8) is 0 Å². The van der Waals surface area contributed by atoms with Gasteiger partial charge in [0.2, 0.25) is 0 Å². The SMILES string of the molecule is O=c1n(-c2ccc(F)c(Cl)c2)cnn1CCCN1CCN(CC(O)(Cn2cncn2)c2ccc(F)cc2F)CC1. The van der Waals surface area contributed by atoms with E-state index >= 15 is 0 Å². The van der Waals surface area contributed by atoms with Gasteiger partial charge >= 0.3 is 5.69 Å². The van der Waals surface area contributed by atoms with Gasteiger partial charge in [-0.2, -0.15) is 10.2 Å². The van der Waals surface area contributed by atoms with Crippen LogP contribution in [0, 0.1) is 17.5 Å². The third-order valence-corrected chi connectivity index (χ3v) is 7.32. The number of piperazine rings is 1. The quantitative estimate of drug-likeness (QED) is 0.309. The van der Waals surface area contributed by atoms with Gasteiger partial charge in [-0.05, 0) is 30.7 Å². The molecule has 1 unspecified atom stereocenters. The summed E-state index contributed by atoms with van der Waals surface area (Å²) in [5.74, 6) is -2.10. The van der Waals surface area contributed by atoms with Gasteiger partial charge in [-0.15, -0.1) is 0 Å². The summed E-state index contributed by atoms with van der Waals surface area (Å²) in [6, 6.07) is 7.21. The molecule has 1 saturated heterocycles. The molecule has 0 bridgehead atoms. The van der Waals surface area contributed by atoms with Crippen LogP contribution in [0.4, 0.5) is 13.2 Å². The number of benzene rings is 2. The fourth-order valence-corrected chi connectivity index (χ4v) is 5.13. The maximum absolute atomic E-state index is 14.7. The van der Waals surface area contributed by atoms with E-state index in [-0.39, 0.29) is 29.4 Å². The van der Waals surface area contributed by atoms with E-state index in [9.17, 15) is 23.1 Å². The minimum atomic E-state index is -1.65. The van der Waals surface area contributed by atoms with Gasteiger partial charge < -0.3 is 10.0 Å². The van der Waals surface area contributed by atoms with Crippen molar-refractivity contribution in [3.8, 4) is 5.69 Å². The van der Waals surface area contributed by atoms with Gasteiger partial charge in [-0.1, -0.05) is 17.7 Å². The first-order chi connectivity index (χ1) is 19.2. The lowest BCUT2D eigenvalue weighted by Crippen LogP contribution is -2.52. The maximum Gasteiger partial charge on any atom is 0.350 e. The molecule has 0 spiro atoms. The number of hydrogen-bond acceptors (Lipinski definition) is 7. The predicted octanol–water partition coefficient (Wildman–Crippen LogP) is 2.29. The molecule has 4 aromatic rings. The Hall–Kier alpha value is -3.52. The average molecular weight is 577 g/mol. The average Bonchev–Trinajstić information content (AvgIpc) is 3.56. The third kappa shape index (κ3) is 6.28. The topological polar surface area (TPSA) is 97.2 Å². The number of aliphatic hydroxyl groups is 1. The normalized spacial score (nSPS) is 16.3. The number of rotatable bonds is 10. The Kier molecular flexibility index (Phi) is 8.35. The van der Waals surface area contributed by atoms with Gasteiger partial charge in [-0.3, -0.25) is 4.90 Å². The number of aromatic nitrogens is 6. The van der Waals surface area contributed by atoms with Crippen LogP contribution in [0.5, 0.6) is 0 Å². The summed E-state index contributed by atoms with van der Waals surface area (Å²) in [6.07, 6.45) is 4.83. The summed E-state index contributed by atoms with van der Waals surface area (Å²) in [5.41, 5.74) is -1.56. The molecule has 1 N–H and O–H groups in total. The monoisotopic (exact) mass is 576 g/mol. The molecule has 40 heavy (non-hydrogen) atoms. The van der Waals surface area contributed by atoms with Crippen molar-refractivity contribution in [1.82, 2.24) is 38.9 Å². The highest BCUT2D eigenvalue weighted by Crippen LogP contribution is 2.28. The van der Waals surface area contributed by atoms with Crippen LogP contribution in [-0.2, 0) is 18.7 Å². The summed E-state index contributed by atoms with van der Waals surface area (Å²) in [5, 5.41) is 19.7. The zero-order valence-electron chi connectivity index (χ0n) is 21.5. The van der Waals surface area contributed by atoms with E-state index in [1.165, 1.54) is 57.2 Å². The van der Waals surface area contributed by atoms with Crippen LogP contribution in [0.1, 0.15) is 12.0 Å². The van der Waals surface area contributed by atoms with Gasteiger partial charge in [0.1, 0.15) is 42.0 Å². The van der Waals surface area contributed by atoms with Crippen LogP contribution in [-0.4, -0.2) is 83.3 Å². The van der Waals surface area contributed by atoms with Gasteiger partial charge in [0.05, 0.1) is 17.3 Å². The number of halogens is 4. The van der Waals surface area contributed by atoms with Crippen molar-refractivity contribution in [3.05, 3.63) is 93.9 Å². The minimum Gasteiger partial charge on any atom is -0.382 e. The predicted molar refractivity (Wildman–Crippen MR) is 141 cm³/mol. The van der Waals surface area contributed by atoms with E-state index in [1.54, 1.807) is 0 Å². The molecular formula is C26H28ClF3N8O2.